The van der Waals surface area contributed by atoms with E-state index < -0.39 is 22.2 Å². The molecule has 11 heteroatoms. The lowest BCUT2D eigenvalue weighted by molar-refractivity contribution is -0.152. The van der Waals surface area contributed by atoms with E-state index in [-0.39, 0.29) is 33.5 Å². The molecule has 3 aliphatic rings. The molecule has 8 nitrogen and oxygen atoms in total. The van der Waals surface area contributed by atoms with Gasteiger partial charge in [0.15, 0.2) is 11.8 Å². The summed E-state index contributed by atoms with van der Waals surface area (Å²) in [5.74, 6) is -0.638. The number of hydrogen-bond donors (Lipinski definition) is 1. The highest BCUT2D eigenvalue weighted by Gasteiger charge is 2.58. The van der Waals surface area contributed by atoms with Gasteiger partial charge < -0.3 is 15.0 Å². The van der Waals surface area contributed by atoms with Gasteiger partial charge in [-0.25, -0.2) is 4.79 Å². The molecule has 1 spiro atoms. The average molecular weight is 664 g/mol. The van der Waals surface area contributed by atoms with Gasteiger partial charge in [0.2, 0.25) is 0 Å². The maximum atomic E-state index is 13.5. The van der Waals surface area contributed by atoms with Gasteiger partial charge in [-0.3, -0.25) is 19.6 Å². The number of aromatic nitrogens is 1. The first-order chi connectivity index (χ1) is 19.7. The van der Waals surface area contributed by atoms with Crippen molar-refractivity contribution < 1.29 is 19.1 Å². The number of nitrogens with one attached hydrogen (secondary N) is 1. The fourth-order valence-corrected chi connectivity index (χ4v) is 7.50. The zero-order valence-electron chi connectivity index (χ0n) is 22.9. The quantitative estimate of drug-likeness (QED) is 0.291. The van der Waals surface area contributed by atoms with Gasteiger partial charge in [0, 0.05) is 43.3 Å². The van der Waals surface area contributed by atoms with Crippen LogP contribution in [0.25, 0.3) is 0 Å². The fraction of sp³-hybridized carbons (Fsp3) is 0.500. The number of benzene rings is 1. The van der Waals surface area contributed by atoms with Crippen molar-refractivity contribution in [1.82, 2.24) is 9.88 Å². The fourth-order valence-electron chi connectivity index (χ4n) is 5.97. The van der Waals surface area contributed by atoms with Crippen LogP contribution in [0.15, 0.2) is 41.7 Å². The molecular formula is C30H33BrCl2N4O4. The van der Waals surface area contributed by atoms with E-state index in [2.05, 4.69) is 38.2 Å². The number of nitrogens with zero attached hydrogens (tertiary/aromatic N) is 3. The predicted molar refractivity (Wildman–Crippen MR) is 163 cm³/mol. The van der Waals surface area contributed by atoms with Crippen molar-refractivity contribution in [1.29, 1.82) is 0 Å². The Morgan fingerprint density at radius 2 is 1.76 bits per heavy atom. The Hall–Kier alpha value is -2.33. The maximum Gasteiger partial charge on any atom is 0.331 e. The molecule has 1 aromatic carbocycles. The van der Waals surface area contributed by atoms with Gasteiger partial charge in [0.25, 0.3) is 5.91 Å². The third-order valence-corrected chi connectivity index (χ3v) is 9.80. The second-order valence-electron chi connectivity index (χ2n) is 11.2. The summed E-state index contributed by atoms with van der Waals surface area (Å²) in [5, 5.41) is 3.12. The zero-order chi connectivity index (χ0) is 29.1. The second-order valence-corrected chi connectivity index (χ2v) is 12.9. The molecule has 1 amide bonds. The van der Waals surface area contributed by atoms with Gasteiger partial charge in [-0.1, -0.05) is 70.5 Å². The number of ether oxygens (including phenoxy) is 1. The van der Waals surface area contributed by atoms with Crippen LogP contribution in [-0.2, 0) is 20.7 Å². The van der Waals surface area contributed by atoms with Gasteiger partial charge in [0.1, 0.15) is 10.9 Å². The Morgan fingerprint density at radius 3 is 2.39 bits per heavy atom. The number of Topliss-reactive ketones (excluding diaryl/α,β-unsaturated/α-hetero) is 1. The van der Waals surface area contributed by atoms with Crippen molar-refractivity contribution in [2.24, 2.45) is 10.4 Å². The van der Waals surface area contributed by atoms with Crippen LogP contribution in [0.2, 0.25) is 10.0 Å². The van der Waals surface area contributed by atoms with Crippen molar-refractivity contribution in [2.45, 2.75) is 68.3 Å². The summed E-state index contributed by atoms with van der Waals surface area (Å²) in [7, 11) is 2.06. The molecule has 218 valence electrons. The van der Waals surface area contributed by atoms with E-state index in [0.29, 0.717) is 12.1 Å². The lowest BCUT2D eigenvalue weighted by Crippen LogP contribution is -2.61. The van der Waals surface area contributed by atoms with Crippen LogP contribution in [0, 0.1) is 5.41 Å². The number of esters is 1. The summed E-state index contributed by atoms with van der Waals surface area (Å²) in [4.78, 5) is 49.9. The first-order valence-corrected chi connectivity index (χ1v) is 15.7. The van der Waals surface area contributed by atoms with E-state index in [4.69, 9.17) is 32.9 Å². The van der Waals surface area contributed by atoms with E-state index in [1.807, 2.05) is 12.1 Å². The summed E-state index contributed by atoms with van der Waals surface area (Å²) >= 11 is 15.8. The number of rotatable bonds is 7. The SMILES string of the molecule is CN1CCC(OC(=O)[C@H](Cc2ccc(NC(=O)c3c(Cl)cncc3Cl)cc2)N=C2C(Br)C(=O)C23CCCCC3)CC1. The number of carbonyl (C=O) groups excluding carboxylic acids is 3. The van der Waals surface area contributed by atoms with Gasteiger partial charge >= 0.3 is 5.97 Å². The number of amides is 1. The van der Waals surface area contributed by atoms with Crippen LogP contribution in [0.3, 0.4) is 0 Å². The van der Waals surface area contributed by atoms with Crippen LogP contribution in [-0.4, -0.2) is 70.4 Å². The van der Waals surface area contributed by atoms with Crippen molar-refractivity contribution in [3.05, 3.63) is 57.8 Å². The average Bonchev–Trinajstić information content (AvgIpc) is 2.97. The van der Waals surface area contributed by atoms with Crippen LogP contribution in [0.1, 0.15) is 60.9 Å². The Balaban J connectivity index is 1.34. The molecule has 0 radical (unpaired) electrons. The van der Waals surface area contributed by atoms with E-state index in [0.717, 1.165) is 69.3 Å². The molecule has 2 aliphatic carbocycles. The Labute approximate surface area is 258 Å². The first kappa shape index (κ1) is 30.1. The highest BCUT2D eigenvalue weighted by atomic mass is 79.9. The molecule has 5 rings (SSSR count). The highest BCUT2D eigenvalue weighted by molar-refractivity contribution is 9.10. The zero-order valence-corrected chi connectivity index (χ0v) is 26.0. The number of aliphatic imine (C=N–C) groups is 1. The minimum atomic E-state index is -0.772. The number of piperidine rings is 1. The van der Waals surface area contributed by atoms with E-state index in [1.165, 1.54) is 12.4 Å². The molecule has 2 heterocycles. The molecule has 1 unspecified atom stereocenters. The van der Waals surface area contributed by atoms with Gasteiger partial charge in [-0.05, 0) is 50.4 Å². The molecule has 1 aliphatic heterocycles. The molecule has 1 aromatic heterocycles. The topological polar surface area (TPSA) is 101 Å². The Morgan fingerprint density at radius 1 is 1.12 bits per heavy atom. The minimum Gasteiger partial charge on any atom is -0.461 e. The van der Waals surface area contributed by atoms with Crippen molar-refractivity contribution >= 4 is 68.2 Å². The molecule has 2 saturated carbocycles. The summed E-state index contributed by atoms with van der Waals surface area (Å²) in [6, 6.07) is 6.42. The number of carbonyl (C=O) groups is 3. The van der Waals surface area contributed by atoms with Gasteiger partial charge in [-0.2, -0.15) is 0 Å². The lowest BCUT2D eigenvalue weighted by Gasteiger charge is -2.48. The van der Waals surface area contributed by atoms with Crippen LogP contribution in [0.4, 0.5) is 5.69 Å². The number of anilines is 1. The molecule has 41 heavy (non-hydrogen) atoms. The number of hydrogen-bond acceptors (Lipinski definition) is 7. The van der Waals surface area contributed by atoms with Crippen molar-refractivity contribution in [3.63, 3.8) is 0 Å². The summed E-state index contributed by atoms with van der Waals surface area (Å²) in [6.07, 6.45) is 9.11. The second kappa shape index (κ2) is 12.9. The Kier molecular flexibility index (Phi) is 9.48. The molecular weight excluding hydrogens is 631 g/mol. The third-order valence-electron chi connectivity index (χ3n) is 8.38. The summed E-state index contributed by atoms with van der Waals surface area (Å²) < 4.78 is 5.97. The maximum absolute atomic E-state index is 13.5. The Bertz CT molecular complexity index is 1320. The first-order valence-electron chi connectivity index (χ1n) is 14.0. The largest absolute Gasteiger partial charge is 0.461 e. The predicted octanol–water partition coefficient (Wildman–Crippen LogP) is 5.93. The number of halogens is 3. The normalized spacial score (nSPS) is 22.8. The van der Waals surface area contributed by atoms with E-state index in [1.54, 1.807) is 12.1 Å². The number of likely N-dealkylation sites (tertiary alicyclic amines) is 1. The molecule has 1 N–H and O–H groups in total. The summed E-state index contributed by atoms with van der Waals surface area (Å²) in [6.45, 7) is 1.75. The molecule has 2 aromatic rings. The van der Waals surface area contributed by atoms with Crippen molar-refractivity contribution in [2.75, 3.05) is 25.5 Å². The van der Waals surface area contributed by atoms with E-state index in [9.17, 15) is 14.4 Å². The molecule has 1 saturated heterocycles. The highest BCUT2D eigenvalue weighted by Crippen LogP contribution is 2.49. The number of ketones is 1. The van der Waals surface area contributed by atoms with Crippen LogP contribution < -0.4 is 5.32 Å². The number of alkyl halides is 1. The van der Waals surface area contributed by atoms with Crippen molar-refractivity contribution in [3.8, 4) is 0 Å². The minimum absolute atomic E-state index is 0.141. The van der Waals surface area contributed by atoms with Crippen LogP contribution in [0.5, 0.6) is 0 Å². The molecule has 0 bridgehead atoms. The third kappa shape index (κ3) is 6.53. The standard InChI is InChI=1S/C30H33BrCl2N4O4/c1-37-13-9-20(10-14-37)41-29(40)23(36-26-25(31)27(38)30(26)11-3-2-4-12-30)15-18-5-7-19(8-6-18)35-28(39)24-21(32)16-34-17-22(24)33/h5-8,16-17,20,23,25H,2-4,9-15H2,1H3,(H,35,39)/t23-,25?/m0/s1. The van der Waals surface area contributed by atoms with Gasteiger partial charge in [-0.15, -0.1) is 0 Å². The smallest absolute Gasteiger partial charge is 0.331 e. The summed E-state index contributed by atoms with van der Waals surface area (Å²) in [5.41, 5.74) is 1.78. The van der Waals surface area contributed by atoms with E-state index >= 15 is 0 Å². The lowest BCUT2D eigenvalue weighted by atomic mass is 9.58. The van der Waals surface area contributed by atoms with Crippen LogP contribution >= 0.6 is 39.1 Å². The monoisotopic (exact) mass is 662 g/mol. The number of pyridine rings is 1. The molecule has 2 atom stereocenters. The molecule has 3 fully saturated rings. The van der Waals surface area contributed by atoms with Gasteiger partial charge in [0.05, 0.1) is 21.0 Å².